The van der Waals surface area contributed by atoms with E-state index in [0.29, 0.717) is 25.4 Å². The average Bonchev–Trinajstić information content (AvgIpc) is 3.18. The second kappa shape index (κ2) is 10.6. The monoisotopic (exact) mass is 482 g/mol. The molecule has 5 rings (SSSR count). The summed E-state index contributed by atoms with van der Waals surface area (Å²) in [5.74, 6) is 1.00. The lowest BCUT2D eigenvalue weighted by molar-refractivity contribution is -0.135. The Morgan fingerprint density at radius 1 is 0.861 bits per heavy atom. The number of piperidine rings is 1. The fraction of sp³-hybridized carbons (Fsp3) is 0.276. The van der Waals surface area contributed by atoms with E-state index in [1.54, 1.807) is 4.90 Å². The van der Waals surface area contributed by atoms with E-state index < -0.39 is 6.04 Å². The summed E-state index contributed by atoms with van der Waals surface area (Å²) in [5, 5.41) is 8.92. The van der Waals surface area contributed by atoms with E-state index >= 15 is 0 Å². The van der Waals surface area contributed by atoms with Gasteiger partial charge in [-0.2, -0.15) is 0 Å². The Labute approximate surface area is 211 Å². The zero-order valence-electron chi connectivity index (χ0n) is 20.1. The molecule has 7 nitrogen and oxygen atoms in total. The molecule has 1 unspecified atom stereocenters. The zero-order valence-corrected chi connectivity index (χ0v) is 20.1. The van der Waals surface area contributed by atoms with Crippen LogP contribution >= 0.6 is 0 Å². The Morgan fingerprint density at radius 3 is 2.08 bits per heavy atom. The third-order valence-corrected chi connectivity index (χ3v) is 6.91. The summed E-state index contributed by atoms with van der Waals surface area (Å²) in [4.78, 5) is 31.5. The highest BCUT2D eigenvalue weighted by atomic mass is 16.5. The zero-order chi connectivity index (χ0) is 24.9. The van der Waals surface area contributed by atoms with Crippen LogP contribution in [0.25, 0.3) is 0 Å². The number of carbonyl (C=O) groups is 2. The van der Waals surface area contributed by atoms with Crippen molar-refractivity contribution in [3.05, 3.63) is 96.6 Å². The molecule has 36 heavy (non-hydrogen) atoms. The summed E-state index contributed by atoms with van der Waals surface area (Å²) >= 11 is 0. The minimum Gasteiger partial charge on any atom is -0.484 e. The Balaban J connectivity index is 1.23. The lowest BCUT2D eigenvalue weighted by Crippen LogP contribution is -2.44. The number of carbonyl (C=O) groups excluding carboxylic acids is 2. The molecule has 0 saturated carbocycles. The molecule has 0 bridgehead atoms. The Bertz CT molecular complexity index is 1140. The number of rotatable bonds is 7. The molecular weight excluding hydrogens is 452 g/mol. The van der Waals surface area contributed by atoms with Crippen LogP contribution in [0.15, 0.2) is 91.0 Å². The van der Waals surface area contributed by atoms with Gasteiger partial charge in [0.2, 0.25) is 5.96 Å². The van der Waals surface area contributed by atoms with Crippen LogP contribution in [-0.2, 0) is 9.59 Å². The third kappa shape index (κ3) is 4.96. The van der Waals surface area contributed by atoms with Gasteiger partial charge < -0.3 is 9.64 Å². The van der Waals surface area contributed by atoms with Crippen molar-refractivity contribution in [2.75, 3.05) is 31.1 Å². The summed E-state index contributed by atoms with van der Waals surface area (Å²) in [7, 11) is 0. The number of para-hydroxylation sites is 2. The number of amides is 2. The number of benzene rings is 3. The molecule has 2 amide bonds. The quantitative estimate of drug-likeness (QED) is 0.544. The maximum atomic E-state index is 13.6. The average molecular weight is 483 g/mol. The lowest BCUT2D eigenvalue weighted by Gasteiger charge is -2.33. The minimum atomic E-state index is -0.557. The molecule has 0 spiro atoms. The number of nitrogens with zero attached hydrogens (tertiary/aromatic N) is 3. The maximum Gasteiger partial charge on any atom is 0.260 e. The van der Waals surface area contributed by atoms with Crippen LogP contribution < -0.4 is 9.64 Å². The molecule has 0 aliphatic carbocycles. The number of anilines is 1. The van der Waals surface area contributed by atoms with E-state index in [4.69, 9.17) is 10.1 Å². The van der Waals surface area contributed by atoms with Gasteiger partial charge in [-0.1, -0.05) is 66.7 Å². The Hall–Kier alpha value is -4.13. The van der Waals surface area contributed by atoms with Crippen LogP contribution in [0.3, 0.4) is 0 Å². The van der Waals surface area contributed by atoms with Gasteiger partial charge in [-0.25, -0.2) is 0 Å². The Kier molecular flexibility index (Phi) is 6.98. The molecule has 1 N–H and O–H groups in total. The van der Waals surface area contributed by atoms with Crippen molar-refractivity contribution < 1.29 is 14.3 Å². The van der Waals surface area contributed by atoms with Crippen LogP contribution in [0.5, 0.6) is 5.75 Å². The maximum absolute atomic E-state index is 13.6. The van der Waals surface area contributed by atoms with Gasteiger partial charge in [0.05, 0.1) is 0 Å². The van der Waals surface area contributed by atoms with Crippen LogP contribution in [0.1, 0.15) is 24.4 Å². The van der Waals surface area contributed by atoms with Crippen molar-refractivity contribution in [1.82, 2.24) is 9.80 Å². The molecule has 2 saturated heterocycles. The van der Waals surface area contributed by atoms with E-state index in [0.717, 1.165) is 24.1 Å². The van der Waals surface area contributed by atoms with Gasteiger partial charge in [0.25, 0.3) is 11.8 Å². The molecule has 1 atom stereocenters. The summed E-state index contributed by atoms with van der Waals surface area (Å²) in [6.45, 7) is 1.75. The van der Waals surface area contributed by atoms with Crippen molar-refractivity contribution in [1.29, 1.82) is 5.41 Å². The van der Waals surface area contributed by atoms with Gasteiger partial charge in [0, 0.05) is 25.3 Å². The first-order valence-corrected chi connectivity index (χ1v) is 12.4. The summed E-state index contributed by atoms with van der Waals surface area (Å²) in [5.41, 5.74) is 1.70. The standard InChI is InChI=1S/C29H30N4O3/c30-29-32(20-22-16-18-31(19-17-22)26(34)21-36-25-14-8-3-9-15-25)28(35)27(23-10-4-1-5-11-23)33(29)24-12-6-2-7-13-24/h1-15,22,27,30H,16-21H2. The van der Waals surface area contributed by atoms with Crippen molar-refractivity contribution >= 4 is 23.5 Å². The first-order valence-electron chi connectivity index (χ1n) is 12.4. The van der Waals surface area contributed by atoms with Crippen LogP contribution in [0.2, 0.25) is 0 Å². The topological polar surface area (TPSA) is 76.9 Å². The molecule has 2 aliphatic rings. The second-order valence-corrected chi connectivity index (χ2v) is 9.22. The van der Waals surface area contributed by atoms with Crippen molar-refractivity contribution in [2.24, 2.45) is 5.92 Å². The van der Waals surface area contributed by atoms with E-state index in [1.807, 2.05) is 101 Å². The van der Waals surface area contributed by atoms with Gasteiger partial charge in [0.1, 0.15) is 11.8 Å². The highest BCUT2D eigenvalue weighted by molar-refractivity contribution is 6.15. The molecule has 3 aromatic rings. The van der Waals surface area contributed by atoms with Crippen molar-refractivity contribution in [3.63, 3.8) is 0 Å². The van der Waals surface area contributed by atoms with E-state index in [-0.39, 0.29) is 30.3 Å². The van der Waals surface area contributed by atoms with Gasteiger partial charge >= 0.3 is 0 Å². The lowest BCUT2D eigenvalue weighted by atomic mass is 9.96. The molecular formula is C29H30N4O3. The van der Waals surface area contributed by atoms with Gasteiger partial charge in [-0.3, -0.25) is 24.8 Å². The molecule has 7 heteroatoms. The predicted molar refractivity (Wildman–Crippen MR) is 139 cm³/mol. The van der Waals surface area contributed by atoms with Crippen LogP contribution in [0, 0.1) is 11.3 Å². The number of guanidine groups is 1. The molecule has 3 aromatic carbocycles. The normalized spacial score (nSPS) is 18.6. The number of hydrogen-bond acceptors (Lipinski definition) is 4. The predicted octanol–water partition coefficient (Wildman–Crippen LogP) is 4.33. The fourth-order valence-corrected chi connectivity index (χ4v) is 4.95. The first kappa shape index (κ1) is 23.6. The van der Waals surface area contributed by atoms with Gasteiger partial charge in [-0.05, 0) is 48.6 Å². The third-order valence-electron chi connectivity index (χ3n) is 6.91. The largest absolute Gasteiger partial charge is 0.484 e. The number of likely N-dealkylation sites (tertiary alicyclic amines) is 1. The molecule has 184 valence electrons. The number of nitrogens with one attached hydrogen (secondary N) is 1. The number of ether oxygens (including phenoxy) is 1. The highest BCUT2D eigenvalue weighted by Gasteiger charge is 2.45. The van der Waals surface area contributed by atoms with E-state index in [9.17, 15) is 9.59 Å². The van der Waals surface area contributed by atoms with E-state index in [2.05, 4.69) is 0 Å². The first-order chi connectivity index (χ1) is 17.6. The minimum absolute atomic E-state index is 0.0225. The van der Waals surface area contributed by atoms with Gasteiger partial charge in [0.15, 0.2) is 6.61 Å². The smallest absolute Gasteiger partial charge is 0.260 e. The Morgan fingerprint density at radius 2 is 1.44 bits per heavy atom. The molecule has 2 fully saturated rings. The molecule has 0 radical (unpaired) electrons. The summed E-state index contributed by atoms with van der Waals surface area (Å²) in [6.07, 6.45) is 1.57. The second-order valence-electron chi connectivity index (χ2n) is 9.22. The van der Waals surface area contributed by atoms with Crippen LogP contribution in [-0.4, -0.2) is 53.8 Å². The molecule has 2 aliphatic heterocycles. The molecule has 2 heterocycles. The van der Waals surface area contributed by atoms with Crippen molar-refractivity contribution in [3.8, 4) is 5.75 Å². The number of hydrogen-bond donors (Lipinski definition) is 1. The fourth-order valence-electron chi connectivity index (χ4n) is 4.95. The highest BCUT2D eigenvalue weighted by Crippen LogP contribution is 2.36. The van der Waals surface area contributed by atoms with Crippen LogP contribution in [0.4, 0.5) is 5.69 Å². The van der Waals surface area contributed by atoms with E-state index in [1.165, 1.54) is 0 Å². The SMILES string of the molecule is N=C1N(CC2CCN(C(=O)COc3ccccc3)CC2)C(=O)C(c2ccccc2)N1c1ccccc1. The van der Waals surface area contributed by atoms with Crippen molar-refractivity contribution in [2.45, 2.75) is 18.9 Å². The summed E-state index contributed by atoms with van der Waals surface area (Å²) < 4.78 is 5.61. The molecule has 0 aromatic heterocycles. The van der Waals surface area contributed by atoms with Gasteiger partial charge in [-0.15, -0.1) is 0 Å². The summed E-state index contributed by atoms with van der Waals surface area (Å²) in [6, 6.07) is 28.1.